The smallest absolute Gasteiger partial charge is 0.318 e. The number of carbonyl (C=O) groups excluding carboxylic acids is 1. The highest BCUT2D eigenvalue weighted by molar-refractivity contribution is 5.75. The molecule has 6 rings (SSSR count). The largest absolute Gasteiger partial charge is 0.396 e. The Morgan fingerprint density at radius 3 is 2.73 bits per heavy atom. The van der Waals surface area contributed by atoms with Crippen LogP contribution < -0.4 is 5.32 Å². The zero-order valence-corrected chi connectivity index (χ0v) is 23.2. The van der Waals surface area contributed by atoms with Gasteiger partial charge in [0.05, 0.1) is 23.6 Å². The first-order valence-electron chi connectivity index (χ1n) is 14.7. The highest BCUT2D eigenvalue weighted by Crippen LogP contribution is 2.55. The molecule has 3 aromatic rings. The van der Waals surface area contributed by atoms with E-state index in [1.54, 1.807) is 12.1 Å². The number of halogens is 1. The number of piperidine rings is 1. The summed E-state index contributed by atoms with van der Waals surface area (Å²) in [6.45, 7) is 3.22. The van der Waals surface area contributed by atoms with E-state index in [0.29, 0.717) is 12.3 Å². The molecule has 1 saturated carbocycles. The summed E-state index contributed by atoms with van der Waals surface area (Å²) in [7, 11) is 0. The number of fused-ring (bicyclic) bond motifs is 2. The van der Waals surface area contributed by atoms with Crippen molar-refractivity contribution in [3.8, 4) is 5.69 Å². The number of rotatable bonds is 7. The minimum Gasteiger partial charge on any atom is -0.396 e. The molecule has 2 unspecified atom stereocenters. The number of aromatic nitrogens is 2. The van der Waals surface area contributed by atoms with Crippen LogP contribution in [-0.4, -0.2) is 45.0 Å². The molecule has 7 heteroatoms. The number of allylic oxidation sites excluding steroid dienone is 1. The van der Waals surface area contributed by atoms with Gasteiger partial charge in [-0.3, -0.25) is 0 Å². The number of hydrogen-bond donors (Lipinski definition) is 2. The van der Waals surface area contributed by atoms with E-state index in [1.165, 1.54) is 23.3 Å². The maximum absolute atomic E-state index is 13.6. The highest BCUT2D eigenvalue weighted by Gasteiger charge is 2.46. The number of likely N-dealkylation sites (tertiary alicyclic amines) is 1. The summed E-state index contributed by atoms with van der Waals surface area (Å²) in [5.41, 5.74) is 5.72. The van der Waals surface area contributed by atoms with Crippen molar-refractivity contribution in [3.63, 3.8) is 0 Å². The van der Waals surface area contributed by atoms with Crippen molar-refractivity contribution >= 4 is 12.1 Å². The molecule has 0 radical (unpaired) electrons. The maximum Gasteiger partial charge on any atom is 0.318 e. The third-order valence-corrected chi connectivity index (χ3v) is 9.59. The molecule has 1 saturated heterocycles. The van der Waals surface area contributed by atoms with Crippen LogP contribution in [0.1, 0.15) is 74.7 Å². The van der Waals surface area contributed by atoms with E-state index in [-0.39, 0.29) is 36.0 Å². The van der Waals surface area contributed by atoms with E-state index >= 15 is 0 Å². The number of urea groups is 1. The van der Waals surface area contributed by atoms with E-state index in [0.717, 1.165) is 68.4 Å². The maximum atomic E-state index is 13.6. The molecule has 0 spiro atoms. The molecule has 40 heavy (non-hydrogen) atoms. The monoisotopic (exact) mass is 542 g/mol. The van der Waals surface area contributed by atoms with Gasteiger partial charge in [0.15, 0.2) is 0 Å². The lowest BCUT2D eigenvalue weighted by atomic mass is 9.68. The summed E-state index contributed by atoms with van der Waals surface area (Å²) >= 11 is 0. The van der Waals surface area contributed by atoms with Gasteiger partial charge in [-0.2, -0.15) is 5.10 Å². The number of nitrogens with zero attached hydrogens (tertiary/aromatic N) is 3. The first-order valence-corrected chi connectivity index (χ1v) is 14.7. The van der Waals surface area contributed by atoms with Gasteiger partial charge in [-0.05, 0) is 104 Å². The molecule has 6 nitrogen and oxygen atoms in total. The number of hydrogen-bond acceptors (Lipinski definition) is 3. The van der Waals surface area contributed by atoms with Crippen molar-refractivity contribution in [2.75, 3.05) is 13.2 Å². The van der Waals surface area contributed by atoms with Crippen molar-refractivity contribution in [2.45, 2.75) is 70.4 Å². The van der Waals surface area contributed by atoms with Gasteiger partial charge >= 0.3 is 6.03 Å². The predicted molar refractivity (Wildman–Crippen MR) is 154 cm³/mol. The molecule has 210 valence electrons. The van der Waals surface area contributed by atoms with Gasteiger partial charge in [-0.15, -0.1) is 0 Å². The third-order valence-electron chi connectivity index (χ3n) is 9.59. The Balaban J connectivity index is 1.24. The van der Waals surface area contributed by atoms with Crippen molar-refractivity contribution in [1.82, 2.24) is 20.0 Å². The topological polar surface area (TPSA) is 70.4 Å². The lowest BCUT2D eigenvalue weighted by Crippen LogP contribution is -2.50. The SMILES string of the molecule is C[C@]12Cc3cnn(-c4ccc(F)cc4)c3C=C1CC[C@@H]2CC(NC(=O)N1CCCCC1CCO)c1ccccc1. The number of amides is 2. The van der Waals surface area contributed by atoms with Crippen LogP contribution in [0.15, 0.2) is 66.4 Å². The molecule has 2 heterocycles. The van der Waals surface area contributed by atoms with Gasteiger partial charge < -0.3 is 15.3 Å². The highest BCUT2D eigenvalue weighted by atomic mass is 19.1. The minimum atomic E-state index is -0.251. The minimum absolute atomic E-state index is 0.00797. The summed E-state index contributed by atoms with van der Waals surface area (Å²) in [6.07, 6.45) is 11.8. The van der Waals surface area contributed by atoms with Gasteiger partial charge in [0.25, 0.3) is 0 Å². The van der Waals surface area contributed by atoms with Gasteiger partial charge in [0.2, 0.25) is 0 Å². The number of aliphatic hydroxyl groups is 1. The second-order valence-electron chi connectivity index (χ2n) is 11.9. The average Bonchev–Trinajstić information content (AvgIpc) is 3.52. The molecule has 2 N–H and O–H groups in total. The molecule has 2 amide bonds. The second kappa shape index (κ2) is 11.2. The summed E-state index contributed by atoms with van der Waals surface area (Å²) in [6, 6.07) is 16.8. The van der Waals surface area contributed by atoms with Crippen molar-refractivity contribution in [1.29, 1.82) is 0 Å². The van der Waals surface area contributed by atoms with Crippen LogP contribution in [0.4, 0.5) is 9.18 Å². The molecule has 2 fully saturated rings. The van der Waals surface area contributed by atoms with E-state index in [2.05, 4.69) is 35.5 Å². The second-order valence-corrected chi connectivity index (χ2v) is 11.9. The fraction of sp³-hybridized carbons (Fsp3) is 0.455. The van der Waals surface area contributed by atoms with Gasteiger partial charge in [-0.1, -0.05) is 42.8 Å². The first-order chi connectivity index (χ1) is 19.5. The van der Waals surface area contributed by atoms with Crippen LogP contribution in [0.25, 0.3) is 11.8 Å². The molecule has 1 aliphatic heterocycles. The number of nitrogens with one attached hydrogen (secondary N) is 1. The Hall–Kier alpha value is -3.45. The summed E-state index contributed by atoms with van der Waals surface area (Å²) < 4.78 is 15.4. The molecule has 2 aromatic carbocycles. The normalized spacial score (nSPS) is 24.7. The quantitative estimate of drug-likeness (QED) is 0.361. The fourth-order valence-electron chi connectivity index (χ4n) is 7.30. The van der Waals surface area contributed by atoms with Crippen molar-refractivity contribution < 1.29 is 14.3 Å². The molecule has 3 aliphatic rings. The van der Waals surface area contributed by atoms with Crippen LogP contribution in [0.2, 0.25) is 0 Å². The van der Waals surface area contributed by atoms with Crippen LogP contribution in [0.5, 0.6) is 0 Å². The average molecular weight is 543 g/mol. The number of carbonyl (C=O) groups is 1. The van der Waals surface area contributed by atoms with Gasteiger partial charge in [0, 0.05) is 19.2 Å². The molecule has 1 aromatic heterocycles. The number of aliphatic hydroxyl groups excluding tert-OH is 1. The molecular weight excluding hydrogens is 503 g/mol. The lowest BCUT2D eigenvalue weighted by molar-refractivity contribution is 0.127. The number of benzene rings is 2. The Kier molecular flexibility index (Phi) is 7.49. The van der Waals surface area contributed by atoms with Crippen LogP contribution in [-0.2, 0) is 6.42 Å². The summed E-state index contributed by atoms with van der Waals surface area (Å²) in [5.74, 6) is 0.153. The zero-order chi connectivity index (χ0) is 27.7. The zero-order valence-electron chi connectivity index (χ0n) is 23.2. The Labute approximate surface area is 235 Å². The van der Waals surface area contributed by atoms with Gasteiger partial charge in [0.1, 0.15) is 5.82 Å². The van der Waals surface area contributed by atoms with Crippen LogP contribution >= 0.6 is 0 Å². The van der Waals surface area contributed by atoms with Crippen LogP contribution in [0.3, 0.4) is 0 Å². The Morgan fingerprint density at radius 1 is 1.15 bits per heavy atom. The van der Waals surface area contributed by atoms with Gasteiger partial charge in [-0.25, -0.2) is 13.9 Å². The van der Waals surface area contributed by atoms with Crippen LogP contribution in [0, 0.1) is 17.2 Å². The predicted octanol–water partition coefficient (Wildman–Crippen LogP) is 6.45. The van der Waals surface area contributed by atoms with E-state index < -0.39 is 0 Å². The standard InChI is InChI=1S/C33H39FN4O2/c1-33-21-24-22-35-38(29-14-12-27(34)13-15-29)31(24)20-26(33)11-10-25(33)19-30(23-7-3-2-4-8-23)36-32(40)37-17-6-5-9-28(37)16-18-39/h2-4,7-8,12-15,20,22,25,28,30,39H,5-6,9-11,16-19,21H2,1H3,(H,36,40)/t25-,28?,30?,33-/m1/s1. The summed E-state index contributed by atoms with van der Waals surface area (Å²) in [5, 5.41) is 17.7. The summed E-state index contributed by atoms with van der Waals surface area (Å²) in [4.78, 5) is 15.6. The molecular formula is C33H39FN4O2. The van der Waals surface area contributed by atoms with Crippen molar-refractivity contribution in [3.05, 3.63) is 89.0 Å². The fourth-order valence-corrected chi connectivity index (χ4v) is 7.30. The Morgan fingerprint density at radius 2 is 1.95 bits per heavy atom. The molecule has 0 bridgehead atoms. The van der Waals surface area contributed by atoms with E-state index in [1.807, 2.05) is 34.0 Å². The Bertz CT molecular complexity index is 1370. The van der Waals surface area contributed by atoms with Crippen molar-refractivity contribution in [2.24, 2.45) is 11.3 Å². The molecule has 2 aliphatic carbocycles. The lowest BCUT2D eigenvalue weighted by Gasteiger charge is -2.39. The third kappa shape index (κ3) is 5.07. The first kappa shape index (κ1) is 26.8. The van der Waals surface area contributed by atoms with E-state index in [9.17, 15) is 14.3 Å². The molecule has 4 atom stereocenters. The van der Waals surface area contributed by atoms with E-state index in [4.69, 9.17) is 0 Å².